The molecule has 0 aromatic heterocycles. The van der Waals surface area contributed by atoms with E-state index in [2.05, 4.69) is 15.9 Å². The molecule has 0 amide bonds. The van der Waals surface area contributed by atoms with Gasteiger partial charge in [0.05, 0.1) is 0 Å². The van der Waals surface area contributed by atoms with E-state index in [1.54, 1.807) is 13.8 Å². The molecule has 0 saturated heterocycles. The van der Waals surface area contributed by atoms with Crippen LogP contribution in [0.1, 0.15) is 20.3 Å². The van der Waals surface area contributed by atoms with Crippen LogP contribution in [0.4, 0.5) is 4.39 Å². The monoisotopic (exact) mass is 367 g/mol. The third-order valence-electron chi connectivity index (χ3n) is 2.49. The predicted octanol–water partition coefficient (Wildman–Crippen LogP) is 2.37. The SMILES string of the molecule is CC(C)C[C@@H](NS(=O)(=O)c1ccc(Br)cc1F)C(=O)O. The smallest absolute Gasteiger partial charge is 0.321 e. The number of benzene rings is 1. The maximum Gasteiger partial charge on any atom is 0.321 e. The van der Waals surface area contributed by atoms with Crippen LogP contribution < -0.4 is 4.72 Å². The average molecular weight is 368 g/mol. The summed E-state index contributed by atoms with van der Waals surface area (Å²) in [7, 11) is -4.22. The number of sulfonamides is 1. The minimum atomic E-state index is -4.22. The number of aliphatic carboxylic acids is 1. The van der Waals surface area contributed by atoms with E-state index in [1.165, 1.54) is 6.07 Å². The van der Waals surface area contributed by atoms with E-state index in [9.17, 15) is 17.6 Å². The molecule has 1 aromatic rings. The van der Waals surface area contributed by atoms with Gasteiger partial charge >= 0.3 is 5.97 Å². The molecule has 0 radical (unpaired) electrons. The van der Waals surface area contributed by atoms with E-state index >= 15 is 0 Å². The summed E-state index contributed by atoms with van der Waals surface area (Å²) < 4.78 is 40.1. The van der Waals surface area contributed by atoms with Crippen LogP contribution >= 0.6 is 15.9 Å². The highest BCUT2D eigenvalue weighted by molar-refractivity contribution is 9.10. The van der Waals surface area contributed by atoms with Crippen LogP contribution in [0.25, 0.3) is 0 Å². The van der Waals surface area contributed by atoms with E-state index < -0.39 is 32.7 Å². The Kier molecular flexibility index (Phi) is 5.67. The lowest BCUT2D eigenvalue weighted by molar-refractivity contribution is -0.139. The number of carbonyl (C=O) groups is 1. The second kappa shape index (κ2) is 6.64. The molecular formula is C12H15BrFNO4S. The van der Waals surface area contributed by atoms with E-state index in [4.69, 9.17) is 5.11 Å². The first-order valence-corrected chi connectivity index (χ1v) is 8.11. The first-order chi connectivity index (χ1) is 9.13. The van der Waals surface area contributed by atoms with Crippen molar-refractivity contribution in [1.82, 2.24) is 4.72 Å². The second-order valence-electron chi connectivity index (χ2n) is 4.72. The van der Waals surface area contributed by atoms with Gasteiger partial charge in [-0.05, 0) is 30.5 Å². The number of carboxylic acids is 1. The molecule has 0 aliphatic rings. The van der Waals surface area contributed by atoms with E-state index in [0.29, 0.717) is 4.47 Å². The molecule has 0 bridgehead atoms. The summed E-state index contributed by atoms with van der Waals surface area (Å²) in [5.41, 5.74) is 0. The number of carboxylic acid groups (broad SMARTS) is 1. The Hall–Kier alpha value is -0.990. The fourth-order valence-electron chi connectivity index (χ4n) is 1.61. The normalized spacial score (nSPS) is 13.4. The zero-order chi connectivity index (χ0) is 15.5. The van der Waals surface area contributed by atoms with Crippen molar-refractivity contribution in [2.45, 2.75) is 31.2 Å². The van der Waals surface area contributed by atoms with Gasteiger partial charge in [0.1, 0.15) is 16.8 Å². The lowest BCUT2D eigenvalue weighted by Gasteiger charge is -2.16. The van der Waals surface area contributed by atoms with Crippen LogP contribution in [0.2, 0.25) is 0 Å². The van der Waals surface area contributed by atoms with E-state index in [-0.39, 0.29) is 12.3 Å². The summed E-state index contributed by atoms with van der Waals surface area (Å²) in [5, 5.41) is 9.02. The average Bonchev–Trinajstić information content (AvgIpc) is 2.26. The highest BCUT2D eigenvalue weighted by atomic mass is 79.9. The summed E-state index contributed by atoms with van der Waals surface area (Å²) >= 11 is 3.02. The Morgan fingerprint density at radius 1 is 1.45 bits per heavy atom. The van der Waals surface area contributed by atoms with Gasteiger partial charge in [-0.2, -0.15) is 4.72 Å². The van der Waals surface area contributed by atoms with Crippen LogP contribution in [0, 0.1) is 11.7 Å². The largest absolute Gasteiger partial charge is 0.480 e. The molecule has 0 fully saturated rings. The van der Waals surface area contributed by atoms with Gasteiger partial charge < -0.3 is 5.11 Å². The molecule has 0 aliphatic heterocycles. The van der Waals surface area contributed by atoms with Crippen molar-refractivity contribution in [1.29, 1.82) is 0 Å². The van der Waals surface area contributed by atoms with E-state index in [0.717, 1.165) is 12.1 Å². The van der Waals surface area contributed by atoms with Crippen molar-refractivity contribution in [3.05, 3.63) is 28.5 Å². The fourth-order valence-corrected chi connectivity index (χ4v) is 3.21. The van der Waals surface area contributed by atoms with Gasteiger partial charge in [-0.15, -0.1) is 0 Å². The molecule has 0 aliphatic carbocycles. The molecule has 5 nitrogen and oxygen atoms in total. The lowest BCUT2D eigenvalue weighted by Crippen LogP contribution is -2.41. The summed E-state index contributed by atoms with van der Waals surface area (Å²) in [6.45, 7) is 3.54. The van der Waals surface area contributed by atoms with Gasteiger partial charge in [-0.3, -0.25) is 4.79 Å². The standard InChI is InChI=1S/C12H15BrFNO4S/c1-7(2)5-10(12(16)17)15-20(18,19)11-4-3-8(13)6-9(11)14/h3-4,6-7,10,15H,5H2,1-2H3,(H,16,17)/t10-/m1/s1. The van der Waals surface area contributed by atoms with Crippen molar-refractivity contribution >= 4 is 31.9 Å². The molecule has 2 N–H and O–H groups in total. The molecule has 0 saturated carbocycles. The summed E-state index contributed by atoms with van der Waals surface area (Å²) in [5.74, 6) is -2.26. The predicted molar refractivity (Wildman–Crippen MR) is 75.3 cm³/mol. The minimum absolute atomic E-state index is 0.0198. The maximum absolute atomic E-state index is 13.7. The molecule has 1 atom stereocenters. The minimum Gasteiger partial charge on any atom is -0.480 e. The molecule has 8 heteroatoms. The molecule has 0 heterocycles. The Bertz CT molecular complexity index is 603. The number of rotatable bonds is 6. The zero-order valence-corrected chi connectivity index (χ0v) is 13.3. The first-order valence-electron chi connectivity index (χ1n) is 5.83. The van der Waals surface area contributed by atoms with Gasteiger partial charge in [-0.25, -0.2) is 12.8 Å². The highest BCUT2D eigenvalue weighted by Gasteiger charge is 2.27. The number of hydrogen-bond donors (Lipinski definition) is 2. The lowest BCUT2D eigenvalue weighted by atomic mass is 10.1. The molecule has 1 aromatic carbocycles. The van der Waals surface area contributed by atoms with Gasteiger partial charge in [0.15, 0.2) is 0 Å². The van der Waals surface area contributed by atoms with Crippen molar-refractivity contribution in [3.8, 4) is 0 Å². The van der Waals surface area contributed by atoms with Crippen LogP contribution in [-0.2, 0) is 14.8 Å². The van der Waals surface area contributed by atoms with Crippen molar-refractivity contribution < 1.29 is 22.7 Å². The van der Waals surface area contributed by atoms with Crippen LogP contribution in [0.15, 0.2) is 27.6 Å². The molecule has 0 spiro atoms. The quantitative estimate of drug-likeness (QED) is 0.808. The van der Waals surface area contributed by atoms with Gasteiger partial charge in [-0.1, -0.05) is 29.8 Å². The molecule has 1 rings (SSSR count). The Morgan fingerprint density at radius 3 is 2.50 bits per heavy atom. The maximum atomic E-state index is 13.7. The van der Waals surface area contributed by atoms with Crippen molar-refractivity contribution in [3.63, 3.8) is 0 Å². The van der Waals surface area contributed by atoms with Crippen LogP contribution in [0.5, 0.6) is 0 Å². The Balaban J connectivity index is 3.06. The zero-order valence-electron chi connectivity index (χ0n) is 10.9. The second-order valence-corrected chi connectivity index (χ2v) is 7.31. The first kappa shape index (κ1) is 17.1. The molecule has 112 valence electrons. The van der Waals surface area contributed by atoms with Gasteiger partial charge in [0, 0.05) is 4.47 Å². The van der Waals surface area contributed by atoms with Crippen molar-refractivity contribution in [2.75, 3.05) is 0 Å². The number of halogens is 2. The molecule has 0 unspecified atom stereocenters. The van der Waals surface area contributed by atoms with Crippen LogP contribution in [0.3, 0.4) is 0 Å². The van der Waals surface area contributed by atoms with Gasteiger partial charge in [0.25, 0.3) is 0 Å². The van der Waals surface area contributed by atoms with Gasteiger partial charge in [0.2, 0.25) is 10.0 Å². The van der Waals surface area contributed by atoms with Crippen LogP contribution in [-0.4, -0.2) is 25.5 Å². The topological polar surface area (TPSA) is 83.5 Å². The highest BCUT2D eigenvalue weighted by Crippen LogP contribution is 2.20. The summed E-state index contributed by atoms with van der Waals surface area (Å²) in [6.07, 6.45) is 0.118. The number of nitrogens with one attached hydrogen (secondary N) is 1. The summed E-state index contributed by atoms with van der Waals surface area (Å²) in [4.78, 5) is 10.5. The Morgan fingerprint density at radius 2 is 2.05 bits per heavy atom. The third-order valence-corrected chi connectivity index (χ3v) is 4.48. The summed E-state index contributed by atoms with van der Waals surface area (Å²) in [6, 6.07) is 2.17. The molecular weight excluding hydrogens is 353 g/mol. The Labute approximate surface area is 125 Å². The van der Waals surface area contributed by atoms with E-state index in [1.807, 2.05) is 4.72 Å². The number of hydrogen-bond acceptors (Lipinski definition) is 3. The third kappa shape index (κ3) is 4.53. The fraction of sp³-hybridized carbons (Fsp3) is 0.417. The molecule has 20 heavy (non-hydrogen) atoms. The van der Waals surface area contributed by atoms with Crippen molar-refractivity contribution in [2.24, 2.45) is 5.92 Å².